The molecule has 0 radical (unpaired) electrons. The van der Waals surface area contributed by atoms with Crippen molar-refractivity contribution in [2.24, 2.45) is 5.41 Å². The summed E-state index contributed by atoms with van der Waals surface area (Å²) >= 11 is 0. The Morgan fingerprint density at radius 1 is 1.05 bits per heavy atom. The lowest BCUT2D eigenvalue weighted by molar-refractivity contribution is -0.158. The molecule has 0 bridgehead atoms. The Balaban J connectivity index is 2.13. The molecule has 0 N–H and O–H groups in total. The molecule has 20 heavy (non-hydrogen) atoms. The van der Waals surface area contributed by atoms with E-state index in [1.54, 1.807) is 30.7 Å². The molecule has 1 saturated heterocycles. The largest absolute Gasteiger partial charge is 0.300 e. The maximum atomic E-state index is 12.5. The standard InChI is InChI=1S/C16H18N2O2/c1-16(2)14(19)17(3)13-12(9-10-18(13)15(16)20)11-7-5-4-6-8-11/h4-8H,9-10H2,1-3H3. The molecule has 0 saturated carbocycles. The van der Waals surface area contributed by atoms with Crippen LogP contribution in [0.25, 0.3) is 5.57 Å². The van der Waals surface area contributed by atoms with Gasteiger partial charge >= 0.3 is 0 Å². The molecular formula is C16H18N2O2. The van der Waals surface area contributed by atoms with Gasteiger partial charge in [0.2, 0.25) is 11.8 Å². The van der Waals surface area contributed by atoms with Crippen LogP contribution in [0.5, 0.6) is 0 Å². The van der Waals surface area contributed by atoms with Crippen molar-refractivity contribution in [1.82, 2.24) is 9.80 Å². The number of carbonyl (C=O) groups is 2. The highest BCUT2D eigenvalue weighted by atomic mass is 16.2. The van der Waals surface area contributed by atoms with Gasteiger partial charge in [0.1, 0.15) is 11.2 Å². The molecule has 2 aliphatic heterocycles. The molecule has 1 aromatic carbocycles. The minimum atomic E-state index is -0.968. The highest BCUT2D eigenvalue weighted by Gasteiger charge is 2.50. The molecule has 1 fully saturated rings. The molecule has 0 unspecified atom stereocenters. The first-order valence-electron chi connectivity index (χ1n) is 6.83. The molecule has 3 rings (SSSR count). The van der Waals surface area contributed by atoms with Crippen LogP contribution in [0.2, 0.25) is 0 Å². The first kappa shape index (κ1) is 12.9. The lowest BCUT2D eigenvalue weighted by Crippen LogP contribution is -2.56. The summed E-state index contributed by atoms with van der Waals surface area (Å²) in [6, 6.07) is 9.96. The number of fused-ring (bicyclic) bond motifs is 1. The van der Waals surface area contributed by atoms with Crippen LogP contribution in [0.1, 0.15) is 25.8 Å². The Morgan fingerprint density at radius 3 is 2.35 bits per heavy atom. The topological polar surface area (TPSA) is 40.6 Å². The molecule has 104 valence electrons. The average Bonchev–Trinajstić information content (AvgIpc) is 2.89. The average molecular weight is 270 g/mol. The van der Waals surface area contributed by atoms with Gasteiger partial charge in [0.15, 0.2) is 0 Å². The zero-order chi connectivity index (χ0) is 14.5. The van der Waals surface area contributed by atoms with Crippen molar-refractivity contribution in [2.45, 2.75) is 20.3 Å². The summed E-state index contributed by atoms with van der Waals surface area (Å²) in [6.07, 6.45) is 0.790. The van der Waals surface area contributed by atoms with Crippen LogP contribution in [-0.2, 0) is 9.59 Å². The summed E-state index contributed by atoms with van der Waals surface area (Å²) in [4.78, 5) is 28.3. The van der Waals surface area contributed by atoms with Gasteiger partial charge in [0.05, 0.1) is 0 Å². The summed E-state index contributed by atoms with van der Waals surface area (Å²) in [5.41, 5.74) is 1.19. The third-order valence-corrected chi connectivity index (χ3v) is 4.17. The van der Waals surface area contributed by atoms with Gasteiger partial charge in [-0.2, -0.15) is 0 Å². The number of hydrogen-bond acceptors (Lipinski definition) is 2. The fraction of sp³-hybridized carbons (Fsp3) is 0.375. The number of nitrogens with zero attached hydrogens (tertiary/aromatic N) is 2. The first-order valence-corrected chi connectivity index (χ1v) is 6.83. The van der Waals surface area contributed by atoms with Crippen LogP contribution in [-0.4, -0.2) is 35.2 Å². The van der Waals surface area contributed by atoms with Crippen LogP contribution < -0.4 is 0 Å². The quantitative estimate of drug-likeness (QED) is 0.733. The minimum Gasteiger partial charge on any atom is -0.300 e. The molecule has 0 aromatic heterocycles. The maximum Gasteiger partial charge on any atom is 0.243 e. The minimum absolute atomic E-state index is 0.0958. The van der Waals surface area contributed by atoms with Crippen LogP contribution in [0, 0.1) is 5.41 Å². The van der Waals surface area contributed by atoms with Crippen LogP contribution in [0.15, 0.2) is 36.2 Å². The highest BCUT2D eigenvalue weighted by molar-refractivity contribution is 6.09. The summed E-state index contributed by atoms with van der Waals surface area (Å²) in [5, 5.41) is 0. The van der Waals surface area contributed by atoms with Crippen LogP contribution in [0.3, 0.4) is 0 Å². The molecule has 0 atom stereocenters. The lowest BCUT2D eigenvalue weighted by atomic mass is 9.87. The maximum absolute atomic E-state index is 12.5. The van der Waals surface area contributed by atoms with E-state index in [1.165, 1.54) is 0 Å². The van der Waals surface area contributed by atoms with E-state index in [4.69, 9.17) is 0 Å². The van der Waals surface area contributed by atoms with Crippen molar-refractivity contribution in [3.8, 4) is 0 Å². The molecule has 2 amide bonds. The Hall–Kier alpha value is -2.10. The predicted octanol–water partition coefficient (Wildman–Crippen LogP) is 2.09. The Morgan fingerprint density at radius 2 is 1.70 bits per heavy atom. The van der Waals surface area contributed by atoms with Crippen LogP contribution >= 0.6 is 0 Å². The lowest BCUT2D eigenvalue weighted by Gasteiger charge is -2.41. The van der Waals surface area contributed by atoms with Gasteiger partial charge in [-0.05, 0) is 25.8 Å². The van der Waals surface area contributed by atoms with E-state index in [9.17, 15) is 9.59 Å². The normalized spacial score (nSPS) is 21.6. The number of amides is 2. The van der Waals surface area contributed by atoms with Gasteiger partial charge in [-0.25, -0.2) is 0 Å². The molecule has 0 aliphatic carbocycles. The van der Waals surface area contributed by atoms with E-state index >= 15 is 0 Å². The second-order valence-corrected chi connectivity index (χ2v) is 5.86. The molecule has 0 spiro atoms. The van der Waals surface area contributed by atoms with Gasteiger partial charge in [-0.15, -0.1) is 0 Å². The van der Waals surface area contributed by atoms with Gasteiger partial charge in [-0.1, -0.05) is 30.3 Å². The van der Waals surface area contributed by atoms with E-state index in [0.29, 0.717) is 6.54 Å². The van der Waals surface area contributed by atoms with Crippen molar-refractivity contribution in [3.63, 3.8) is 0 Å². The molecule has 1 aromatic rings. The summed E-state index contributed by atoms with van der Waals surface area (Å²) in [6.45, 7) is 4.05. The van der Waals surface area contributed by atoms with Crippen molar-refractivity contribution in [3.05, 3.63) is 41.7 Å². The van der Waals surface area contributed by atoms with E-state index in [1.807, 2.05) is 30.3 Å². The van der Waals surface area contributed by atoms with Crippen LogP contribution in [0.4, 0.5) is 0 Å². The molecule has 4 nitrogen and oxygen atoms in total. The van der Waals surface area contributed by atoms with Crippen molar-refractivity contribution in [2.75, 3.05) is 13.6 Å². The molecule has 4 heteroatoms. The van der Waals surface area contributed by atoms with Gasteiger partial charge in [0, 0.05) is 19.2 Å². The number of benzene rings is 1. The zero-order valence-electron chi connectivity index (χ0n) is 12.0. The van der Waals surface area contributed by atoms with E-state index in [0.717, 1.165) is 23.4 Å². The molecule has 2 heterocycles. The Bertz CT molecular complexity index is 617. The zero-order valence-corrected chi connectivity index (χ0v) is 12.0. The second-order valence-electron chi connectivity index (χ2n) is 5.86. The summed E-state index contributed by atoms with van der Waals surface area (Å²) in [5.74, 6) is 0.524. The van der Waals surface area contributed by atoms with E-state index in [-0.39, 0.29) is 11.8 Å². The Kier molecular flexibility index (Phi) is 2.71. The van der Waals surface area contributed by atoms with Gasteiger partial charge in [0.25, 0.3) is 0 Å². The monoisotopic (exact) mass is 270 g/mol. The summed E-state index contributed by atoms with van der Waals surface area (Å²) < 4.78 is 0. The molecule has 2 aliphatic rings. The number of hydrogen-bond donors (Lipinski definition) is 0. The highest BCUT2D eigenvalue weighted by Crippen LogP contribution is 2.40. The number of rotatable bonds is 1. The number of carbonyl (C=O) groups excluding carboxylic acids is 2. The van der Waals surface area contributed by atoms with Gasteiger partial charge < -0.3 is 4.90 Å². The molecular weight excluding hydrogens is 252 g/mol. The van der Waals surface area contributed by atoms with Crippen molar-refractivity contribution >= 4 is 17.4 Å². The SMILES string of the molecule is CN1C(=O)C(C)(C)C(=O)N2CCC(c3ccccc3)=C12. The summed E-state index contributed by atoms with van der Waals surface area (Å²) in [7, 11) is 1.76. The fourth-order valence-corrected chi connectivity index (χ4v) is 3.04. The fourth-order valence-electron chi connectivity index (χ4n) is 3.04. The third kappa shape index (κ3) is 1.60. The van der Waals surface area contributed by atoms with Gasteiger partial charge in [-0.3, -0.25) is 14.5 Å². The van der Waals surface area contributed by atoms with E-state index < -0.39 is 5.41 Å². The van der Waals surface area contributed by atoms with Crippen molar-refractivity contribution < 1.29 is 9.59 Å². The Labute approximate surface area is 118 Å². The van der Waals surface area contributed by atoms with Crippen molar-refractivity contribution in [1.29, 1.82) is 0 Å². The third-order valence-electron chi connectivity index (χ3n) is 4.17. The smallest absolute Gasteiger partial charge is 0.243 e. The predicted molar refractivity (Wildman–Crippen MR) is 76.2 cm³/mol. The first-order chi connectivity index (χ1) is 9.44. The second kappa shape index (κ2) is 4.20. The van der Waals surface area contributed by atoms with E-state index in [2.05, 4.69) is 0 Å².